The molecule has 0 spiro atoms. The van der Waals surface area contributed by atoms with Gasteiger partial charge in [0.2, 0.25) is 0 Å². The number of amides is 1. The Morgan fingerprint density at radius 3 is 2.94 bits per heavy atom. The van der Waals surface area contributed by atoms with E-state index in [4.69, 9.17) is 4.98 Å². The van der Waals surface area contributed by atoms with Crippen LogP contribution in [0.3, 0.4) is 0 Å². The van der Waals surface area contributed by atoms with E-state index >= 15 is 0 Å². The predicted octanol–water partition coefficient (Wildman–Crippen LogP) is 2.70. The van der Waals surface area contributed by atoms with Gasteiger partial charge in [0.05, 0.1) is 12.4 Å². The zero-order chi connectivity index (χ0) is 21.8. The van der Waals surface area contributed by atoms with Crippen LogP contribution < -0.4 is 10.3 Å². The molecule has 1 saturated heterocycles. The quantitative estimate of drug-likeness (QED) is 0.633. The van der Waals surface area contributed by atoms with E-state index in [9.17, 15) is 9.18 Å². The van der Waals surface area contributed by atoms with Gasteiger partial charge in [-0.25, -0.2) is 18.9 Å². The van der Waals surface area contributed by atoms with Crippen LogP contribution in [0, 0.1) is 5.82 Å². The molecule has 166 valence electrons. The van der Waals surface area contributed by atoms with Crippen LogP contribution in [-0.2, 0) is 6.42 Å². The zero-order valence-corrected chi connectivity index (χ0v) is 18.0. The Kier molecular flexibility index (Phi) is 4.60. The van der Waals surface area contributed by atoms with Gasteiger partial charge >= 0.3 is 0 Å². The summed E-state index contributed by atoms with van der Waals surface area (Å²) in [4.78, 5) is 24.8. The van der Waals surface area contributed by atoms with E-state index in [1.807, 2.05) is 17.3 Å². The highest BCUT2D eigenvalue weighted by Gasteiger charge is 2.35. The van der Waals surface area contributed by atoms with Crippen molar-refractivity contribution in [3.63, 3.8) is 0 Å². The normalized spacial score (nSPS) is 24.3. The van der Waals surface area contributed by atoms with Crippen molar-refractivity contribution in [2.45, 2.75) is 57.0 Å². The van der Waals surface area contributed by atoms with E-state index in [2.05, 4.69) is 27.3 Å². The number of hydrazine groups is 1. The lowest BCUT2D eigenvalue weighted by Crippen LogP contribution is -2.50. The molecule has 2 atom stereocenters. The molecule has 0 radical (unpaired) electrons. The molecule has 2 aliphatic heterocycles. The van der Waals surface area contributed by atoms with Crippen LogP contribution in [0.5, 0.6) is 0 Å². The van der Waals surface area contributed by atoms with Crippen LogP contribution in [0.1, 0.15) is 60.1 Å². The molecule has 8 nitrogen and oxygen atoms in total. The third-order valence-corrected chi connectivity index (χ3v) is 6.89. The average molecular weight is 436 g/mol. The van der Waals surface area contributed by atoms with E-state index in [0.29, 0.717) is 23.7 Å². The highest BCUT2D eigenvalue weighted by Crippen LogP contribution is 2.34. The van der Waals surface area contributed by atoms with Gasteiger partial charge in [0, 0.05) is 49.4 Å². The number of hydrogen-bond donors (Lipinski definition) is 1. The molecule has 4 bridgehead atoms. The molecule has 0 aromatic carbocycles. The topological polar surface area (TPSA) is 78.7 Å². The Morgan fingerprint density at radius 1 is 1.22 bits per heavy atom. The van der Waals surface area contributed by atoms with Crippen LogP contribution in [0.4, 0.5) is 10.2 Å². The number of rotatable bonds is 1. The van der Waals surface area contributed by atoms with Gasteiger partial charge in [-0.2, -0.15) is 5.10 Å². The lowest BCUT2D eigenvalue weighted by atomic mass is 9.88. The monoisotopic (exact) mass is 435 g/mol. The van der Waals surface area contributed by atoms with Gasteiger partial charge in [0.1, 0.15) is 17.2 Å². The highest BCUT2D eigenvalue weighted by molar-refractivity contribution is 5.99. The lowest BCUT2D eigenvalue weighted by molar-refractivity contribution is 0.0676. The van der Waals surface area contributed by atoms with Gasteiger partial charge in [0.15, 0.2) is 5.65 Å². The van der Waals surface area contributed by atoms with Crippen LogP contribution in [0.15, 0.2) is 30.7 Å². The number of piperidine rings is 1. The minimum absolute atomic E-state index is 0.0242. The molecular weight excluding hydrogens is 409 g/mol. The van der Waals surface area contributed by atoms with Crippen molar-refractivity contribution in [3.05, 3.63) is 53.4 Å². The Bertz CT molecular complexity index is 1190. The van der Waals surface area contributed by atoms with Crippen molar-refractivity contribution in [2.24, 2.45) is 0 Å². The molecule has 1 aliphatic carbocycles. The van der Waals surface area contributed by atoms with E-state index in [1.165, 1.54) is 6.20 Å². The molecule has 3 aliphatic rings. The zero-order valence-electron chi connectivity index (χ0n) is 18.0. The molecule has 5 heterocycles. The largest absolute Gasteiger partial charge is 0.356 e. The maximum absolute atomic E-state index is 14.3. The molecule has 1 saturated carbocycles. The van der Waals surface area contributed by atoms with Crippen molar-refractivity contribution in [1.82, 2.24) is 30.0 Å². The maximum Gasteiger partial charge on any atom is 0.271 e. The van der Waals surface area contributed by atoms with Crippen LogP contribution >= 0.6 is 0 Å². The van der Waals surface area contributed by atoms with Gasteiger partial charge in [-0.15, -0.1) is 0 Å². The number of aromatic nitrogens is 4. The fourth-order valence-corrected chi connectivity index (χ4v) is 5.11. The minimum atomic E-state index is -0.301. The second-order valence-electron chi connectivity index (χ2n) is 9.22. The molecule has 3 aromatic heterocycles. The van der Waals surface area contributed by atoms with Gasteiger partial charge in [-0.3, -0.25) is 15.2 Å². The first-order valence-corrected chi connectivity index (χ1v) is 11.4. The summed E-state index contributed by atoms with van der Waals surface area (Å²) in [7, 11) is 0. The van der Waals surface area contributed by atoms with Crippen molar-refractivity contribution in [1.29, 1.82) is 0 Å². The smallest absolute Gasteiger partial charge is 0.271 e. The van der Waals surface area contributed by atoms with Crippen molar-refractivity contribution >= 4 is 17.4 Å². The minimum Gasteiger partial charge on any atom is -0.356 e. The Labute approximate surface area is 185 Å². The fraction of sp³-hybridized carbons (Fsp3) is 0.478. The molecule has 32 heavy (non-hydrogen) atoms. The Morgan fingerprint density at radius 2 is 2.09 bits per heavy atom. The van der Waals surface area contributed by atoms with Gasteiger partial charge < -0.3 is 4.90 Å². The molecule has 2 fully saturated rings. The number of nitrogens with one attached hydrogen (secondary N) is 1. The number of nitrogens with zero attached hydrogens (tertiary/aromatic N) is 6. The SMILES string of the molecule is C[C@H]1Cc2ncc(F)cc2[C@@H]2CCCN(C2)c2ccn3ncc(c3n2)C(=O)NN1C1CC1. The number of hydrogen-bond acceptors (Lipinski definition) is 6. The number of carbonyl (C=O) groups is 1. The van der Waals surface area contributed by atoms with Crippen molar-refractivity contribution < 1.29 is 9.18 Å². The summed E-state index contributed by atoms with van der Waals surface area (Å²) in [6, 6.07) is 3.91. The summed E-state index contributed by atoms with van der Waals surface area (Å²) in [5.41, 5.74) is 6.03. The standard InChI is InChI=1S/C23H26FN7O/c1-14-9-20-18(10-16(24)11-25-20)15-3-2-7-29(13-15)21-6-8-30-22(27-21)19(12-26-30)23(32)28-31(14)17-4-5-17/h6,8,10-12,14-15,17H,2-5,7,9,13H2,1H3,(H,28,32)/t14-,15+/m0/s1. The summed E-state index contributed by atoms with van der Waals surface area (Å²) >= 11 is 0. The van der Waals surface area contributed by atoms with Crippen molar-refractivity contribution in [2.75, 3.05) is 18.0 Å². The van der Waals surface area contributed by atoms with E-state index in [1.54, 1.807) is 16.8 Å². The summed E-state index contributed by atoms with van der Waals surface area (Å²) < 4.78 is 15.9. The fourth-order valence-electron chi connectivity index (χ4n) is 5.11. The van der Waals surface area contributed by atoms with Gasteiger partial charge in [-0.1, -0.05) is 0 Å². The third-order valence-electron chi connectivity index (χ3n) is 6.89. The second-order valence-corrected chi connectivity index (χ2v) is 9.22. The molecular formula is C23H26FN7O. The van der Waals surface area contributed by atoms with Gasteiger partial charge in [-0.05, 0) is 50.3 Å². The lowest BCUT2D eigenvalue weighted by Gasteiger charge is -2.35. The molecule has 3 aromatic rings. The number of halogens is 1. The van der Waals surface area contributed by atoms with Gasteiger partial charge in [0.25, 0.3) is 5.91 Å². The van der Waals surface area contributed by atoms with E-state index in [-0.39, 0.29) is 23.7 Å². The summed E-state index contributed by atoms with van der Waals surface area (Å²) in [6.07, 6.45) is 9.46. The average Bonchev–Trinajstić information content (AvgIpc) is 3.55. The number of anilines is 1. The van der Waals surface area contributed by atoms with Crippen LogP contribution in [-0.4, -0.2) is 55.7 Å². The molecule has 6 rings (SSSR count). The summed E-state index contributed by atoms with van der Waals surface area (Å²) in [5.74, 6) is 0.491. The molecule has 1 amide bonds. The van der Waals surface area contributed by atoms with Crippen LogP contribution in [0.25, 0.3) is 5.65 Å². The number of pyridine rings is 1. The van der Waals surface area contributed by atoms with Crippen molar-refractivity contribution in [3.8, 4) is 0 Å². The first-order chi connectivity index (χ1) is 15.6. The summed E-state index contributed by atoms with van der Waals surface area (Å²) in [6.45, 7) is 3.72. The maximum atomic E-state index is 14.3. The molecule has 9 heteroatoms. The third kappa shape index (κ3) is 3.40. The number of fused-ring (bicyclic) bond motifs is 6. The van der Waals surface area contributed by atoms with E-state index < -0.39 is 0 Å². The first kappa shape index (κ1) is 19.6. The first-order valence-electron chi connectivity index (χ1n) is 11.4. The molecule has 0 unspecified atom stereocenters. The van der Waals surface area contributed by atoms with Crippen LogP contribution in [0.2, 0.25) is 0 Å². The molecule has 1 N–H and O–H groups in total. The number of carbonyl (C=O) groups excluding carboxylic acids is 1. The Balaban J connectivity index is 1.48. The predicted molar refractivity (Wildman–Crippen MR) is 117 cm³/mol. The highest BCUT2D eigenvalue weighted by atomic mass is 19.1. The summed E-state index contributed by atoms with van der Waals surface area (Å²) in [5, 5.41) is 6.38. The van der Waals surface area contributed by atoms with E-state index in [0.717, 1.165) is 55.8 Å². The second kappa shape index (κ2) is 7.51. The Hall–Kier alpha value is -3.07.